The first-order valence-electron chi connectivity index (χ1n) is 10.0. The van der Waals surface area contributed by atoms with Crippen LogP contribution in [0.3, 0.4) is 0 Å². The molecule has 10 heteroatoms. The van der Waals surface area contributed by atoms with E-state index in [0.717, 1.165) is 27.1 Å². The lowest BCUT2D eigenvalue weighted by atomic mass is 10.1. The molecule has 0 atom stereocenters. The Hall–Kier alpha value is -1.98. The Labute approximate surface area is 190 Å². The molecule has 0 aliphatic carbocycles. The summed E-state index contributed by atoms with van der Waals surface area (Å²) in [5.41, 5.74) is 3.20. The Bertz CT molecular complexity index is 1130. The lowest BCUT2D eigenvalue weighted by molar-refractivity contribution is 0.0730. The first kappa shape index (κ1) is 22.2. The number of thioether (sulfide) groups is 1. The van der Waals surface area contributed by atoms with E-state index in [1.807, 2.05) is 24.3 Å². The maximum Gasteiger partial charge on any atom is 0.243 e. The second-order valence-electron chi connectivity index (χ2n) is 6.96. The van der Waals surface area contributed by atoms with Crippen molar-refractivity contribution in [1.29, 1.82) is 0 Å². The molecule has 0 spiro atoms. The molecule has 1 aromatic heterocycles. The van der Waals surface area contributed by atoms with Crippen LogP contribution in [0.4, 0.5) is 10.8 Å². The molecular weight excluding hydrogens is 452 g/mol. The molecule has 0 saturated carbocycles. The highest BCUT2D eigenvalue weighted by Crippen LogP contribution is 2.31. The molecule has 0 unspecified atom stereocenters. The number of rotatable bonds is 8. The predicted octanol–water partition coefficient (Wildman–Crippen LogP) is 4.16. The van der Waals surface area contributed by atoms with Gasteiger partial charge in [-0.25, -0.2) is 8.42 Å². The van der Waals surface area contributed by atoms with Crippen molar-refractivity contribution < 1.29 is 13.2 Å². The standard InChI is InChI=1S/C21H24N4O3S3/c1-2-17-7-3-4-9-19(17)22-20-23-24-21(30-20)29-15-16-6-5-8-18(14-16)31(26,27)25-10-12-28-13-11-25/h3-9,14H,2,10-13,15H2,1H3,(H,22,23). The lowest BCUT2D eigenvalue weighted by Crippen LogP contribution is -2.40. The van der Waals surface area contributed by atoms with Gasteiger partial charge in [-0.1, -0.05) is 60.4 Å². The quantitative estimate of drug-likeness (QED) is 0.489. The molecule has 1 N–H and O–H groups in total. The number of nitrogens with one attached hydrogen (secondary N) is 1. The summed E-state index contributed by atoms with van der Waals surface area (Å²) in [5.74, 6) is 0.618. The molecular formula is C21H24N4O3S3. The minimum atomic E-state index is -3.50. The van der Waals surface area contributed by atoms with Crippen LogP contribution in [0.1, 0.15) is 18.1 Å². The van der Waals surface area contributed by atoms with Gasteiger partial charge in [-0.05, 0) is 35.7 Å². The number of hydrogen-bond donors (Lipinski definition) is 1. The Kier molecular flexibility index (Phi) is 7.24. The highest BCUT2D eigenvalue weighted by Gasteiger charge is 2.26. The summed E-state index contributed by atoms with van der Waals surface area (Å²) in [4.78, 5) is 0.322. The summed E-state index contributed by atoms with van der Waals surface area (Å²) < 4.78 is 33.3. The fourth-order valence-electron chi connectivity index (χ4n) is 3.26. The number of benzene rings is 2. The zero-order valence-electron chi connectivity index (χ0n) is 17.2. The molecule has 1 aliphatic rings. The Morgan fingerprint density at radius 3 is 2.74 bits per heavy atom. The summed E-state index contributed by atoms with van der Waals surface area (Å²) in [6.07, 6.45) is 0.938. The smallest absolute Gasteiger partial charge is 0.243 e. The largest absolute Gasteiger partial charge is 0.379 e. The maximum atomic E-state index is 12.9. The van der Waals surface area contributed by atoms with E-state index in [1.54, 1.807) is 30.0 Å². The Morgan fingerprint density at radius 1 is 1.13 bits per heavy atom. The van der Waals surface area contributed by atoms with E-state index in [2.05, 4.69) is 28.5 Å². The van der Waals surface area contributed by atoms with Crippen molar-refractivity contribution in [1.82, 2.24) is 14.5 Å². The fraction of sp³-hybridized carbons (Fsp3) is 0.333. The summed E-state index contributed by atoms with van der Waals surface area (Å²) in [5, 5.41) is 12.6. The molecule has 1 aliphatic heterocycles. The van der Waals surface area contributed by atoms with Crippen LogP contribution in [0, 0.1) is 0 Å². The summed E-state index contributed by atoms with van der Waals surface area (Å²) in [6, 6.07) is 15.3. The van der Waals surface area contributed by atoms with Gasteiger partial charge < -0.3 is 10.1 Å². The average molecular weight is 477 g/mol. The van der Waals surface area contributed by atoms with Crippen molar-refractivity contribution in [2.45, 2.75) is 28.3 Å². The molecule has 0 radical (unpaired) electrons. The number of aryl methyl sites for hydroxylation is 1. The van der Waals surface area contributed by atoms with Gasteiger partial charge in [0.2, 0.25) is 15.2 Å². The molecule has 7 nitrogen and oxygen atoms in total. The first-order chi connectivity index (χ1) is 15.1. The number of nitrogens with zero attached hydrogens (tertiary/aromatic N) is 3. The van der Waals surface area contributed by atoms with Gasteiger partial charge in [-0.15, -0.1) is 10.2 Å². The number of morpholine rings is 1. The predicted molar refractivity (Wildman–Crippen MR) is 125 cm³/mol. The van der Waals surface area contributed by atoms with Crippen molar-refractivity contribution in [2.75, 3.05) is 31.6 Å². The van der Waals surface area contributed by atoms with Crippen LogP contribution < -0.4 is 5.32 Å². The van der Waals surface area contributed by atoms with Crippen LogP contribution in [-0.2, 0) is 26.9 Å². The summed E-state index contributed by atoms with van der Waals surface area (Å²) >= 11 is 3.03. The van der Waals surface area contributed by atoms with E-state index in [-0.39, 0.29) is 0 Å². The van der Waals surface area contributed by atoms with Crippen LogP contribution in [0.5, 0.6) is 0 Å². The van der Waals surface area contributed by atoms with Crippen LogP contribution in [0.15, 0.2) is 57.8 Å². The van der Waals surface area contributed by atoms with E-state index in [9.17, 15) is 8.42 Å². The number of sulfonamides is 1. The van der Waals surface area contributed by atoms with Gasteiger partial charge in [0.25, 0.3) is 0 Å². The molecule has 31 heavy (non-hydrogen) atoms. The van der Waals surface area contributed by atoms with Crippen molar-refractivity contribution in [3.63, 3.8) is 0 Å². The molecule has 1 fully saturated rings. The number of anilines is 2. The Morgan fingerprint density at radius 2 is 1.94 bits per heavy atom. The van der Waals surface area contributed by atoms with Gasteiger partial charge in [0.1, 0.15) is 0 Å². The zero-order chi connectivity index (χ0) is 21.7. The number of para-hydroxylation sites is 1. The Balaban J connectivity index is 1.40. The molecule has 2 aromatic carbocycles. The minimum Gasteiger partial charge on any atom is -0.379 e. The molecule has 3 aromatic rings. The summed E-state index contributed by atoms with van der Waals surface area (Å²) in [6.45, 7) is 3.77. The minimum absolute atomic E-state index is 0.322. The molecule has 164 valence electrons. The number of ether oxygens (including phenoxy) is 1. The monoisotopic (exact) mass is 476 g/mol. The van der Waals surface area contributed by atoms with Crippen LogP contribution in [-0.4, -0.2) is 49.2 Å². The summed E-state index contributed by atoms with van der Waals surface area (Å²) in [7, 11) is -3.50. The van der Waals surface area contributed by atoms with Crippen molar-refractivity contribution in [3.05, 3.63) is 59.7 Å². The highest BCUT2D eigenvalue weighted by atomic mass is 32.2. The van der Waals surface area contributed by atoms with Gasteiger partial charge in [-0.2, -0.15) is 4.31 Å². The SMILES string of the molecule is CCc1ccccc1Nc1nnc(SCc2cccc(S(=O)(=O)N3CCOCC3)c2)s1. The molecule has 0 amide bonds. The van der Waals surface area contributed by atoms with Crippen molar-refractivity contribution in [3.8, 4) is 0 Å². The average Bonchev–Trinajstić information content (AvgIpc) is 3.26. The van der Waals surface area contributed by atoms with Gasteiger partial charge in [-0.3, -0.25) is 0 Å². The van der Waals surface area contributed by atoms with Gasteiger partial charge in [0, 0.05) is 24.5 Å². The van der Waals surface area contributed by atoms with Crippen LogP contribution >= 0.6 is 23.1 Å². The molecule has 4 rings (SSSR count). The van der Waals surface area contributed by atoms with Gasteiger partial charge in [0.05, 0.1) is 18.1 Å². The van der Waals surface area contributed by atoms with Gasteiger partial charge in [0.15, 0.2) is 4.34 Å². The lowest BCUT2D eigenvalue weighted by Gasteiger charge is -2.26. The third kappa shape index (κ3) is 5.45. The van der Waals surface area contributed by atoms with E-state index < -0.39 is 10.0 Å². The molecule has 0 bridgehead atoms. The second-order valence-corrected chi connectivity index (χ2v) is 11.1. The van der Waals surface area contributed by atoms with E-state index in [1.165, 1.54) is 21.2 Å². The van der Waals surface area contributed by atoms with Crippen LogP contribution in [0.25, 0.3) is 0 Å². The van der Waals surface area contributed by atoms with Crippen LogP contribution in [0.2, 0.25) is 0 Å². The van der Waals surface area contributed by atoms with Crippen molar-refractivity contribution >= 4 is 43.9 Å². The topological polar surface area (TPSA) is 84.4 Å². The van der Waals surface area contributed by atoms with Gasteiger partial charge >= 0.3 is 0 Å². The zero-order valence-corrected chi connectivity index (χ0v) is 19.6. The fourth-order valence-corrected chi connectivity index (χ4v) is 6.45. The van der Waals surface area contributed by atoms with E-state index >= 15 is 0 Å². The van der Waals surface area contributed by atoms with Crippen molar-refractivity contribution in [2.24, 2.45) is 0 Å². The van der Waals surface area contributed by atoms with E-state index in [4.69, 9.17) is 4.74 Å². The normalized spacial score (nSPS) is 15.1. The van der Waals surface area contributed by atoms with E-state index in [0.29, 0.717) is 37.0 Å². The third-order valence-electron chi connectivity index (χ3n) is 4.91. The third-order valence-corrected chi connectivity index (χ3v) is 8.85. The first-order valence-corrected chi connectivity index (χ1v) is 13.3. The number of hydrogen-bond acceptors (Lipinski definition) is 8. The number of aromatic nitrogens is 2. The maximum absolute atomic E-state index is 12.9. The highest BCUT2D eigenvalue weighted by molar-refractivity contribution is 8.00. The molecule has 1 saturated heterocycles. The second kappa shape index (κ2) is 10.1. The molecule has 2 heterocycles.